The summed E-state index contributed by atoms with van der Waals surface area (Å²) >= 11 is 0. The van der Waals surface area contributed by atoms with Crippen molar-refractivity contribution in [2.45, 2.75) is 39.3 Å². The smallest absolute Gasteiger partial charge is 0.130 e. The van der Waals surface area contributed by atoms with Gasteiger partial charge in [0.15, 0.2) is 0 Å². The van der Waals surface area contributed by atoms with E-state index in [0.29, 0.717) is 0 Å². The molecule has 0 radical (unpaired) electrons. The zero-order valence-electron chi connectivity index (χ0n) is 8.60. The van der Waals surface area contributed by atoms with E-state index >= 15 is 0 Å². The minimum atomic E-state index is -1.22. The molecular formula is C12H17F. The van der Waals surface area contributed by atoms with E-state index in [1.165, 1.54) is 5.56 Å². The van der Waals surface area contributed by atoms with Crippen LogP contribution in [0, 0.1) is 0 Å². The van der Waals surface area contributed by atoms with Crippen LogP contribution in [0.2, 0.25) is 0 Å². The molecule has 1 heteroatoms. The van der Waals surface area contributed by atoms with E-state index in [4.69, 9.17) is 0 Å². The Hall–Kier alpha value is -0.850. The first-order valence-corrected chi connectivity index (χ1v) is 4.82. The Kier molecular flexibility index (Phi) is 3.07. The minimum Gasteiger partial charge on any atom is -0.239 e. The lowest BCUT2D eigenvalue weighted by Gasteiger charge is -2.14. The van der Waals surface area contributed by atoms with Crippen LogP contribution in [0.4, 0.5) is 4.39 Å². The standard InChI is InChI=1S/C12H17F/c1-4-5-10-6-8-11(9-7-10)12(2,3)13/h6-9H,4-5H2,1-3H3. The first kappa shape index (κ1) is 10.2. The molecule has 0 bridgehead atoms. The SMILES string of the molecule is CCCc1ccc(C(C)(C)F)cc1. The lowest BCUT2D eigenvalue weighted by molar-refractivity contribution is 0.221. The van der Waals surface area contributed by atoms with E-state index < -0.39 is 5.67 Å². The van der Waals surface area contributed by atoms with Gasteiger partial charge in [0.1, 0.15) is 5.67 Å². The molecule has 1 aromatic rings. The van der Waals surface area contributed by atoms with Crippen molar-refractivity contribution in [3.8, 4) is 0 Å². The molecule has 0 saturated heterocycles. The van der Waals surface area contributed by atoms with E-state index in [0.717, 1.165) is 18.4 Å². The Morgan fingerprint density at radius 3 is 2.08 bits per heavy atom. The predicted octanol–water partition coefficient (Wildman–Crippen LogP) is 3.84. The Balaban J connectivity index is 2.81. The summed E-state index contributed by atoms with van der Waals surface area (Å²) in [7, 11) is 0. The van der Waals surface area contributed by atoms with Crippen molar-refractivity contribution in [3.63, 3.8) is 0 Å². The first-order valence-electron chi connectivity index (χ1n) is 4.82. The van der Waals surface area contributed by atoms with Gasteiger partial charge in [-0.15, -0.1) is 0 Å². The maximum Gasteiger partial charge on any atom is 0.130 e. The van der Waals surface area contributed by atoms with Gasteiger partial charge >= 0.3 is 0 Å². The van der Waals surface area contributed by atoms with Crippen LogP contribution in [0.5, 0.6) is 0 Å². The molecule has 0 atom stereocenters. The second kappa shape index (κ2) is 3.91. The fourth-order valence-electron chi connectivity index (χ4n) is 1.36. The number of halogens is 1. The molecule has 72 valence electrons. The van der Waals surface area contributed by atoms with Gasteiger partial charge in [-0.25, -0.2) is 4.39 Å². The quantitative estimate of drug-likeness (QED) is 0.663. The monoisotopic (exact) mass is 180 g/mol. The van der Waals surface area contributed by atoms with Gasteiger partial charge in [0.25, 0.3) is 0 Å². The van der Waals surface area contributed by atoms with Crippen LogP contribution in [0.15, 0.2) is 24.3 Å². The van der Waals surface area contributed by atoms with Gasteiger partial charge in [0, 0.05) is 0 Å². The molecule has 0 fully saturated rings. The summed E-state index contributed by atoms with van der Waals surface area (Å²) in [4.78, 5) is 0. The molecule has 0 spiro atoms. The summed E-state index contributed by atoms with van der Waals surface area (Å²) in [5.41, 5.74) is 0.827. The molecule has 0 amide bonds. The van der Waals surface area contributed by atoms with Crippen molar-refractivity contribution >= 4 is 0 Å². The van der Waals surface area contributed by atoms with Gasteiger partial charge in [-0.3, -0.25) is 0 Å². The second-order valence-corrected chi connectivity index (χ2v) is 3.92. The normalized spacial score (nSPS) is 11.7. The molecular weight excluding hydrogens is 163 g/mol. The van der Waals surface area contributed by atoms with Crippen LogP contribution in [0.3, 0.4) is 0 Å². The Bertz CT molecular complexity index is 253. The largest absolute Gasteiger partial charge is 0.239 e. The molecule has 0 aliphatic rings. The third-order valence-electron chi connectivity index (χ3n) is 2.18. The van der Waals surface area contributed by atoms with Crippen LogP contribution < -0.4 is 0 Å². The average Bonchev–Trinajstić information content (AvgIpc) is 2.04. The fraction of sp³-hybridized carbons (Fsp3) is 0.500. The molecule has 0 heterocycles. The fourth-order valence-corrected chi connectivity index (χ4v) is 1.36. The molecule has 0 N–H and O–H groups in total. The number of rotatable bonds is 3. The Labute approximate surface area is 79.8 Å². The lowest BCUT2D eigenvalue weighted by Crippen LogP contribution is -2.08. The van der Waals surface area contributed by atoms with Gasteiger partial charge in [0.2, 0.25) is 0 Å². The molecule has 0 nitrogen and oxygen atoms in total. The van der Waals surface area contributed by atoms with Crippen LogP contribution in [0.25, 0.3) is 0 Å². The third-order valence-corrected chi connectivity index (χ3v) is 2.18. The summed E-state index contributed by atoms with van der Waals surface area (Å²) in [6, 6.07) is 7.79. The van der Waals surface area contributed by atoms with Gasteiger partial charge in [-0.2, -0.15) is 0 Å². The van der Waals surface area contributed by atoms with Gasteiger partial charge in [-0.05, 0) is 31.4 Å². The predicted molar refractivity (Wildman–Crippen MR) is 54.6 cm³/mol. The molecule has 0 aliphatic carbocycles. The van der Waals surface area contributed by atoms with E-state index in [1.54, 1.807) is 13.8 Å². The number of alkyl halides is 1. The Morgan fingerprint density at radius 2 is 1.69 bits per heavy atom. The van der Waals surface area contributed by atoms with Crippen LogP contribution in [-0.4, -0.2) is 0 Å². The summed E-state index contributed by atoms with van der Waals surface area (Å²) in [5, 5.41) is 0. The zero-order valence-corrected chi connectivity index (χ0v) is 8.60. The second-order valence-electron chi connectivity index (χ2n) is 3.92. The van der Waals surface area contributed by atoms with Crippen molar-refractivity contribution in [3.05, 3.63) is 35.4 Å². The molecule has 0 saturated carbocycles. The molecule has 0 aromatic heterocycles. The molecule has 1 rings (SSSR count). The van der Waals surface area contributed by atoms with Crippen molar-refractivity contribution in [1.82, 2.24) is 0 Å². The van der Waals surface area contributed by atoms with Crippen LogP contribution in [-0.2, 0) is 12.1 Å². The highest BCUT2D eigenvalue weighted by molar-refractivity contribution is 5.26. The maximum absolute atomic E-state index is 13.4. The van der Waals surface area contributed by atoms with Crippen molar-refractivity contribution < 1.29 is 4.39 Å². The molecule has 1 aromatic carbocycles. The highest BCUT2D eigenvalue weighted by atomic mass is 19.1. The summed E-state index contributed by atoms with van der Waals surface area (Å²) < 4.78 is 13.4. The van der Waals surface area contributed by atoms with E-state index in [9.17, 15) is 4.39 Å². The molecule has 0 unspecified atom stereocenters. The first-order chi connectivity index (χ1) is 6.04. The summed E-state index contributed by atoms with van der Waals surface area (Å²) in [6.07, 6.45) is 2.21. The minimum absolute atomic E-state index is 0.757. The zero-order chi connectivity index (χ0) is 9.90. The van der Waals surface area contributed by atoms with Crippen molar-refractivity contribution in [1.29, 1.82) is 0 Å². The topological polar surface area (TPSA) is 0 Å². The highest BCUT2D eigenvalue weighted by Gasteiger charge is 2.17. The maximum atomic E-state index is 13.4. The lowest BCUT2D eigenvalue weighted by atomic mass is 9.98. The van der Waals surface area contributed by atoms with Crippen molar-refractivity contribution in [2.75, 3.05) is 0 Å². The number of hydrogen-bond acceptors (Lipinski definition) is 0. The number of hydrogen-bond donors (Lipinski definition) is 0. The molecule has 13 heavy (non-hydrogen) atoms. The van der Waals surface area contributed by atoms with Crippen LogP contribution in [0.1, 0.15) is 38.3 Å². The van der Waals surface area contributed by atoms with Gasteiger partial charge in [-0.1, -0.05) is 37.6 Å². The highest BCUT2D eigenvalue weighted by Crippen LogP contribution is 2.24. The summed E-state index contributed by atoms with van der Waals surface area (Å²) in [5.74, 6) is 0. The average molecular weight is 180 g/mol. The third kappa shape index (κ3) is 2.83. The van der Waals surface area contributed by atoms with E-state index in [-0.39, 0.29) is 0 Å². The van der Waals surface area contributed by atoms with E-state index in [2.05, 4.69) is 6.92 Å². The number of aryl methyl sites for hydroxylation is 1. The van der Waals surface area contributed by atoms with Gasteiger partial charge < -0.3 is 0 Å². The number of benzene rings is 1. The van der Waals surface area contributed by atoms with E-state index in [1.807, 2.05) is 24.3 Å². The summed E-state index contributed by atoms with van der Waals surface area (Å²) in [6.45, 7) is 5.32. The van der Waals surface area contributed by atoms with Crippen molar-refractivity contribution in [2.24, 2.45) is 0 Å². The Morgan fingerprint density at radius 1 is 1.15 bits per heavy atom. The molecule has 0 aliphatic heterocycles. The van der Waals surface area contributed by atoms with Crippen LogP contribution >= 0.6 is 0 Å². The van der Waals surface area contributed by atoms with Gasteiger partial charge in [0.05, 0.1) is 0 Å².